The Bertz CT molecular complexity index is 466. The van der Waals surface area contributed by atoms with Gasteiger partial charge in [0.1, 0.15) is 5.75 Å². The van der Waals surface area contributed by atoms with E-state index in [1.54, 1.807) is 19.1 Å². The average molecular weight is 258 g/mol. The van der Waals surface area contributed by atoms with Crippen molar-refractivity contribution in [1.82, 2.24) is 0 Å². The van der Waals surface area contributed by atoms with Crippen molar-refractivity contribution in [2.24, 2.45) is 0 Å². The van der Waals surface area contributed by atoms with Gasteiger partial charge in [-0.05, 0) is 24.1 Å². The minimum atomic E-state index is -2.88. The van der Waals surface area contributed by atoms with E-state index in [4.69, 9.17) is 16.9 Å². The molecule has 0 atom stereocenters. The van der Waals surface area contributed by atoms with E-state index in [1.807, 2.05) is 6.07 Å². The molecule has 0 amide bonds. The van der Waals surface area contributed by atoms with Crippen LogP contribution >= 0.6 is 11.6 Å². The first-order valence-electron chi connectivity index (χ1n) is 4.92. The van der Waals surface area contributed by atoms with Gasteiger partial charge in [-0.3, -0.25) is 0 Å². The highest BCUT2D eigenvalue weighted by atomic mass is 35.5. The second kappa shape index (κ2) is 6.21. The van der Waals surface area contributed by atoms with Gasteiger partial charge in [0.15, 0.2) is 0 Å². The van der Waals surface area contributed by atoms with Crippen LogP contribution < -0.4 is 4.74 Å². The summed E-state index contributed by atoms with van der Waals surface area (Å²) >= 11 is 6.00. The molecule has 0 heterocycles. The highest BCUT2D eigenvalue weighted by Crippen LogP contribution is 2.27. The molecule has 0 aliphatic rings. The zero-order chi connectivity index (χ0) is 12.8. The van der Waals surface area contributed by atoms with Crippen molar-refractivity contribution in [2.75, 3.05) is 0 Å². The Balaban J connectivity index is 3.08. The van der Waals surface area contributed by atoms with Gasteiger partial charge in [-0.15, -0.1) is 0 Å². The van der Waals surface area contributed by atoms with E-state index in [9.17, 15) is 8.78 Å². The third-order valence-electron chi connectivity index (χ3n) is 2.07. The number of benzene rings is 1. The first-order chi connectivity index (χ1) is 8.08. The molecule has 0 aliphatic carbocycles. The van der Waals surface area contributed by atoms with E-state index < -0.39 is 6.61 Å². The maximum Gasteiger partial charge on any atom is 0.387 e. The number of hydrogen-bond donors (Lipinski definition) is 0. The smallest absolute Gasteiger partial charge is 0.387 e. The number of allylic oxidation sites excluding steroid dienone is 1. The number of nitriles is 1. The van der Waals surface area contributed by atoms with Gasteiger partial charge in [0.05, 0.1) is 11.1 Å². The highest BCUT2D eigenvalue weighted by Gasteiger charge is 2.08. The lowest BCUT2D eigenvalue weighted by molar-refractivity contribution is -0.0498. The van der Waals surface area contributed by atoms with Crippen LogP contribution in [0.15, 0.2) is 29.8 Å². The molecule has 0 N–H and O–H groups in total. The largest absolute Gasteiger partial charge is 0.435 e. The van der Waals surface area contributed by atoms with Crippen molar-refractivity contribution in [1.29, 1.82) is 5.26 Å². The van der Waals surface area contributed by atoms with Crippen molar-refractivity contribution >= 4 is 16.6 Å². The van der Waals surface area contributed by atoms with Gasteiger partial charge in [0.25, 0.3) is 0 Å². The summed E-state index contributed by atoms with van der Waals surface area (Å²) < 4.78 is 28.3. The summed E-state index contributed by atoms with van der Waals surface area (Å²) in [4.78, 5) is 0. The van der Waals surface area contributed by atoms with Crippen LogP contribution in [0.5, 0.6) is 5.75 Å². The van der Waals surface area contributed by atoms with E-state index in [2.05, 4.69) is 4.74 Å². The maximum absolute atomic E-state index is 12.0. The van der Waals surface area contributed by atoms with Crippen LogP contribution in [-0.4, -0.2) is 6.61 Å². The van der Waals surface area contributed by atoms with Crippen LogP contribution in [0.1, 0.15) is 18.9 Å². The predicted octanol–water partition coefficient (Wildman–Crippen LogP) is 4.17. The Morgan fingerprint density at radius 2 is 2.24 bits per heavy atom. The molecule has 0 saturated carbocycles. The summed E-state index contributed by atoms with van der Waals surface area (Å²) in [5, 5.41) is 9.09. The minimum Gasteiger partial charge on any atom is -0.435 e. The Kier molecular flexibility index (Phi) is 4.92. The Morgan fingerprint density at radius 1 is 1.53 bits per heavy atom. The number of nitrogens with zero attached hydrogens (tertiary/aromatic N) is 1. The summed E-state index contributed by atoms with van der Waals surface area (Å²) in [6.45, 7) is -1.09. The van der Waals surface area contributed by atoms with Crippen LogP contribution in [0.2, 0.25) is 0 Å². The fourth-order valence-electron chi connectivity index (χ4n) is 1.27. The molecule has 5 heteroatoms. The molecule has 0 spiro atoms. The minimum absolute atomic E-state index is 0.0176. The molecule has 0 bridgehead atoms. The zero-order valence-electron chi connectivity index (χ0n) is 9.08. The molecule has 0 aromatic heterocycles. The number of hydrogen-bond acceptors (Lipinski definition) is 2. The van der Waals surface area contributed by atoms with Crippen LogP contribution in [-0.2, 0) is 0 Å². The summed E-state index contributed by atoms with van der Waals surface area (Å²) in [6, 6.07) is 7.92. The Hall–Kier alpha value is -1.60. The van der Waals surface area contributed by atoms with Crippen LogP contribution in [0.3, 0.4) is 0 Å². The van der Waals surface area contributed by atoms with Crippen LogP contribution in [0.4, 0.5) is 8.78 Å². The first kappa shape index (κ1) is 13.5. The van der Waals surface area contributed by atoms with Crippen molar-refractivity contribution < 1.29 is 13.5 Å². The highest BCUT2D eigenvalue weighted by molar-refractivity contribution is 6.49. The Labute approximate surface area is 103 Å². The van der Waals surface area contributed by atoms with E-state index in [-0.39, 0.29) is 10.8 Å². The number of alkyl halides is 2. The molecular formula is C12H10ClF2NO. The van der Waals surface area contributed by atoms with E-state index in [0.717, 1.165) is 0 Å². The molecule has 2 nitrogen and oxygen atoms in total. The maximum atomic E-state index is 12.0. The van der Waals surface area contributed by atoms with E-state index in [0.29, 0.717) is 17.6 Å². The van der Waals surface area contributed by atoms with Gasteiger partial charge in [0, 0.05) is 5.57 Å². The van der Waals surface area contributed by atoms with Crippen molar-refractivity contribution in [3.8, 4) is 11.8 Å². The number of ether oxygens (including phenoxy) is 1. The molecule has 90 valence electrons. The predicted molar refractivity (Wildman–Crippen MR) is 61.8 cm³/mol. The third kappa shape index (κ3) is 3.72. The number of halogens is 3. The van der Waals surface area contributed by atoms with Crippen molar-refractivity contribution in [2.45, 2.75) is 20.0 Å². The molecule has 1 aromatic carbocycles. The lowest BCUT2D eigenvalue weighted by Crippen LogP contribution is -2.01. The Morgan fingerprint density at radius 3 is 2.76 bits per heavy atom. The summed E-state index contributed by atoms with van der Waals surface area (Å²) in [7, 11) is 0. The van der Waals surface area contributed by atoms with Gasteiger partial charge < -0.3 is 4.74 Å². The molecule has 17 heavy (non-hydrogen) atoms. The average Bonchev–Trinajstić information content (AvgIpc) is 2.30. The quantitative estimate of drug-likeness (QED) is 0.759. The molecule has 0 unspecified atom stereocenters. The monoisotopic (exact) mass is 257 g/mol. The molecule has 0 fully saturated rings. The fraction of sp³-hybridized carbons (Fsp3) is 0.250. The molecule has 1 aromatic rings. The molecule has 0 saturated heterocycles. The second-order valence-corrected chi connectivity index (χ2v) is 3.54. The van der Waals surface area contributed by atoms with E-state index >= 15 is 0 Å². The molecule has 1 rings (SSSR count). The van der Waals surface area contributed by atoms with Gasteiger partial charge in [-0.1, -0.05) is 30.7 Å². The number of rotatable bonds is 4. The zero-order valence-corrected chi connectivity index (χ0v) is 9.84. The molecule has 0 radical (unpaired) electrons. The first-order valence-corrected chi connectivity index (χ1v) is 5.30. The van der Waals surface area contributed by atoms with Gasteiger partial charge in [-0.2, -0.15) is 14.0 Å². The normalized spacial score (nSPS) is 12.0. The van der Waals surface area contributed by atoms with Crippen molar-refractivity contribution in [3.05, 3.63) is 35.4 Å². The summed E-state index contributed by atoms with van der Waals surface area (Å²) in [6.07, 6.45) is 0.481. The standard InChI is InChI=1S/C12H10ClF2NO/c1-2-8(7-16)11(13)9-4-3-5-10(6-9)17-12(14)15/h3-6,12H,2H2,1H3. The van der Waals surface area contributed by atoms with Crippen LogP contribution in [0.25, 0.3) is 5.03 Å². The summed E-state index contributed by atoms with van der Waals surface area (Å²) in [5.74, 6) is 0.0176. The fourth-order valence-corrected chi connectivity index (χ4v) is 1.56. The van der Waals surface area contributed by atoms with Gasteiger partial charge in [-0.25, -0.2) is 0 Å². The third-order valence-corrected chi connectivity index (χ3v) is 2.51. The van der Waals surface area contributed by atoms with E-state index in [1.165, 1.54) is 12.1 Å². The molecular weight excluding hydrogens is 248 g/mol. The lowest BCUT2D eigenvalue weighted by atomic mass is 10.1. The molecule has 0 aliphatic heterocycles. The van der Waals surface area contributed by atoms with Crippen molar-refractivity contribution in [3.63, 3.8) is 0 Å². The second-order valence-electron chi connectivity index (χ2n) is 3.16. The van der Waals surface area contributed by atoms with Gasteiger partial charge >= 0.3 is 6.61 Å². The van der Waals surface area contributed by atoms with Crippen LogP contribution in [0, 0.1) is 11.3 Å². The topological polar surface area (TPSA) is 33.0 Å². The summed E-state index contributed by atoms with van der Waals surface area (Å²) in [5.41, 5.74) is 0.893. The SMILES string of the molecule is CCC(C#N)=C(Cl)c1cccc(OC(F)F)c1. The lowest BCUT2D eigenvalue weighted by Gasteiger charge is -2.07. The van der Waals surface area contributed by atoms with Gasteiger partial charge in [0.2, 0.25) is 0 Å².